The van der Waals surface area contributed by atoms with Gasteiger partial charge in [-0.1, -0.05) is 30.1 Å². The third-order valence-corrected chi connectivity index (χ3v) is 3.17. The highest BCUT2D eigenvalue weighted by Gasteiger charge is 2.25. The number of carbonyl (C=O) groups excluding carboxylic acids is 1. The molecule has 1 aromatic rings. The fourth-order valence-corrected chi connectivity index (χ4v) is 2.48. The topological polar surface area (TPSA) is 29.1 Å². The van der Waals surface area contributed by atoms with Gasteiger partial charge in [-0.25, -0.2) is 0 Å². The predicted octanol–water partition coefficient (Wildman–Crippen LogP) is 3.06. The molecule has 2 nitrogen and oxygen atoms in total. The molecule has 0 bridgehead atoms. The number of halogens is 2. The standard InChI is InChI=1S/C11H11Cl2NO/c1-2-8-4-6-3-7(12)5-9(13)10(6)11(15)14-8/h3,5,8H,2,4H2,1H3,(H,14,15). The number of rotatable bonds is 1. The molecule has 1 aromatic carbocycles. The van der Waals surface area contributed by atoms with Gasteiger partial charge < -0.3 is 5.32 Å². The van der Waals surface area contributed by atoms with Crippen molar-refractivity contribution in [2.45, 2.75) is 25.8 Å². The largest absolute Gasteiger partial charge is 0.349 e. The van der Waals surface area contributed by atoms with Crippen molar-refractivity contribution in [3.05, 3.63) is 33.3 Å². The second kappa shape index (κ2) is 4.03. The highest BCUT2D eigenvalue weighted by atomic mass is 35.5. The quantitative estimate of drug-likeness (QED) is 0.808. The van der Waals surface area contributed by atoms with E-state index in [9.17, 15) is 4.79 Å². The van der Waals surface area contributed by atoms with Gasteiger partial charge in [0.25, 0.3) is 5.91 Å². The molecule has 15 heavy (non-hydrogen) atoms. The first-order valence-corrected chi connectivity index (χ1v) is 5.66. The molecule has 4 heteroatoms. The Morgan fingerprint density at radius 1 is 1.47 bits per heavy atom. The van der Waals surface area contributed by atoms with E-state index in [0.717, 1.165) is 18.4 Å². The van der Waals surface area contributed by atoms with Gasteiger partial charge in [-0.05, 0) is 30.5 Å². The van der Waals surface area contributed by atoms with E-state index in [4.69, 9.17) is 23.2 Å². The van der Waals surface area contributed by atoms with Crippen molar-refractivity contribution in [3.63, 3.8) is 0 Å². The lowest BCUT2D eigenvalue weighted by Crippen LogP contribution is -2.41. The van der Waals surface area contributed by atoms with Crippen molar-refractivity contribution >= 4 is 29.1 Å². The average Bonchev–Trinajstić information content (AvgIpc) is 2.15. The van der Waals surface area contributed by atoms with Gasteiger partial charge in [0, 0.05) is 11.1 Å². The maximum Gasteiger partial charge on any atom is 0.253 e. The predicted molar refractivity (Wildman–Crippen MR) is 61.7 cm³/mol. The number of hydrogen-bond acceptors (Lipinski definition) is 1. The van der Waals surface area contributed by atoms with Crippen LogP contribution in [0.3, 0.4) is 0 Å². The Hall–Kier alpha value is -0.730. The lowest BCUT2D eigenvalue weighted by atomic mass is 9.94. The number of amides is 1. The van der Waals surface area contributed by atoms with Crippen molar-refractivity contribution in [1.29, 1.82) is 0 Å². The van der Waals surface area contributed by atoms with E-state index in [1.165, 1.54) is 0 Å². The van der Waals surface area contributed by atoms with Crippen LogP contribution in [0.4, 0.5) is 0 Å². The molecule has 1 aliphatic heterocycles. The minimum absolute atomic E-state index is 0.0928. The fourth-order valence-electron chi connectivity index (χ4n) is 1.86. The Balaban J connectivity index is 2.50. The molecule has 1 unspecified atom stereocenters. The third-order valence-electron chi connectivity index (χ3n) is 2.66. The molecule has 2 rings (SSSR count). The highest BCUT2D eigenvalue weighted by Crippen LogP contribution is 2.29. The normalized spacial score (nSPS) is 19.7. The minimum atomic E-state index is -0.0928. The van der Waals surface area contributed by atoms with Crippen molar-refractivity contribution in [1.82, 2.24) is 5.32 Å². The van der Waals surface area contributed by atoms with Crippen LogP contribution in [0.5, 0.6) is 0 Å². The summed E-state index contributed by atoms with van der Waals surface area (Å²) in [6.07, 6.45) is 1.72. The zero-order valence-corrected chi connectivity index (χ0v) is 9.82. The zero-order chi connectivity index (χ0) is 11.0. The number of nitrogens with one attached hydrogen (secondary N) is 1. The van der Waals surface area contributed by atoms with Crippen molar-refractivity contribution in [3.8, 4) is 0 Å². The molecule has 0 fully saturated rings. The molecule has 0 aromatic heterocycles. The molecule has 1 atom stereocenters. The molecule has 80 valence electrons. The van der Waals surface area contributed by atoms with Gasteiger partial charge in [-0.3, -0.25) is 4.79 Å². The summed E-state index contributed by atoms with van der Waals surface area (Å²) in [7, 11) is 0. The van der Waals surface area contributed by atoms with E-state index >= 15 is 0 Å². The van der Waals surface area contributed by atoms with Gasteiger partial charge in [0.2, 0.25) is 0 Å². The molecule has 0 aliphatic carbocycles. The van der Waals surface area contributed by atoms with Crippen LogP contribution in [0.1, 0.15) is 29.3 Å². The van der Waals surface area contributed by atoms with Crippen LogP contribution >= 0.6 is 23.2 Å². The molecule has 1 N–H and O–H groups in total. The van der Waals surface area contributed by atoms with E-state index in [1.54, 1.807) is 6.07 Å². The second-order valence-electron chi connectivity index (χ2n) is 3.70. The van der Waals surface area contributed by atoms with Gasteiger partial charge in [0.15, 0.2) is 0 Å². The molecule has 0 saturated heterocycles. The van der Waals surface area contributed by atoms with Gasteiger partial charge in [-0.15, -0.1) is 0 Å². The Kier molecular flexibility index (Phi) is 2.89. The number of fused-ring (bicyclic) bond motifs is 1. The van der Waals surface area contributed by atoms with Crippen LogP contribution in [0.25, 0.3) is 0 Å². The van der Waals surface area contributed by atoms with Crippen LogP contribution in [0.15, 0.2) is 12.1 Å². The second-order valence-corrected chi connectivity index (χ2v) is 4.55. The number of benzene rings is 1. The summed E-state index contributed by atoms with van der Waals surface area (Å²) in [6.45, 7) is 2.04. The highest BCUT2D eigenvalue weighted by molar-refractivity contribution is 6.37. The minimum Gasteiger partial charge on any atom is -0.349 e. The molecule has 0 spiro atoms. The molecule has 0 radical (unpaired) electrons. The number of carbonyl (C=O) groups is 1. The maximum atomic E-state index is 11.7. The number of hydrogen-bond donors (Lipinski definition) is 1. The summed E-state index contributed by atoms with van der Waals surface area (Å²) in [5.74, 6) is -0.0928. The average molecular weight is 244 g/mol. The molecular weight excluding hydrogens is 233 g/mol. The molecule has 1 amide bonds. The zero-order valence-electron chi connectivity index (χ0n) is 8.31. The smallest absolute Gasteiger partial charge is 0.253 e. The first kappa shape index (κ1) is 10.8. The van der Waals surface area contributed by atoms with Crippen LogP contribution in [0, 0.1) is 0 Å². The van der Waals surface area contributed by atoms with Gasteiger partial charge in [0.05, 0.1) is 10.6 Å². The summed E-state index contributed by atoms with van der Waals surface area (Å²) in [5, 5.41) is 3.94. The van der Waals surface area contributed by atoms with Gasteiger partial charge in [-0.2, -0.15) is 0 Å². The summed E-state index contributed by atoms with van der Waals surface area (Å²) in [5.41, 5.74) is 1.52. The first-order chi connectivity index (χ1) is 7.11. The molecule has 1 heterocycles. The molecule has 1 aliphatic rings. The van der Waals surface area contributed by atoms with E-state index in [2.05, 4.69) is 5.32 Å². The Morgan fingerprint density at radius 2 is 2.20 bits per heavy atom. The summed E-state index contributed by atoms with van der Waals surface area (Å²) < 4.78 is 0. The fraction of sp³-hybridized carbons (Fsp3) is 0.364. The Morgan fingerprint density at radius 3 is 2.87 bits per heavy atom. The molecule has 0 saturated carbocycles. The summed E-state index contributed by atoms with van der Waals surface area (Å²) in [4.78, 5) is 11.7. The van der Waals surface area contributed by atoms with E-state index in [0.29, 0.717) is 15.6 Å². The van der Waals surface area contributed by atoms with E-state index < -0.39 is 0 Å². The Labute approximate surface area is 98.6 Å². The van der Waals surface area contributed by atoms with Gasteiger partial charge in [0.1, 0.15) is 0 Å². The van der Waals surface area contributed by atoms with Crippen LogP contribution in [-0.4, -0.2) is 11.9 Å². The summed E-state index contributed by atoms with van der Waals surface area (Å²) in [6, 6.07) is 3.62. The lowest BCUT2D eigenvalue weighted by Gasteiger charge is -2.25. The first-order valence-electron chi connectivity index (χ1n) is 4.90. The Bertz CT molecular complexity index is 417. The monoisotopic (exact) mass is 243 g/mol. The lowest BCUT2D eigenvalue weighted by molar-refractivity contribution is 0.0924. The SMILES string of the molecule is CCC1Cc2cc(Cl)cc(Cl)c2C(=O)N1. The van der Waals surface area contributed by atoms with Crippen LogP contribution in [-0.2, 0) is 6.42 Å². The van der Waals surface area contributed by atoms with Crippen LogP contribution < -0.4 is 5.32 Å². The van der Waals surface area contributed by atoms with E-state index in [-0.39, 0.29) is 11.9 Å². The maximum absolute atomic E-state index is 11.7. The van der Waals surface area contributed by atoms with Crippen molar-refractivity contribution in [2.75, 3.05) is 0 Å². The van der Waals surface area contributed by atoms with Crippen molar-refractivity contribution in [2.24, 2.45) is 0 Å². The van der Waals surface area contributed by atoms with Gasteiger partial charge >= 0.3 is 0 Å². The van der Waals surface area contributed by atoms with E-state index in [1.807, 2.05) is 13.0 Å². The summed E-state index contributed by atoms with van der Waals surface area (Å²) >= 11 is 11.9. The third kappa shape index (κ3) is 1.97. The van der Waals surface area contributed by atoms with Crippen LogP contribution in [0.2, 0.25) is 10.0 Å². The van der Waals surface area contributed by atoms with Crippen molar-refractivity contribution < 1.29 is 4.79 Å². The molecular formula is C11H11Cl2NO.